The highest BCUT2D eigenvalue weighted by atomic mass is 32.2. The second kappa shape index (κ2) is 9.46. The number of nitrogens with zero attached hydrogens (tertiary/aromatic N) is 4. The van der Waals surface area contributed by atoms with Crippen molar-refractivity contribution in [2.24, 2.45) is 0 Å². The first-order valence-electron chi connectivity index (χ1n) is 11.2. The summed E-state index contributed by atoms with van der Waals surface area (Å²) in [4.78, 5) is 16.0. The molecule has 5 rings (SSSR count). The lowest BCUT2D eigenvalue weighted by Crippen LogP contribution is -2.30. The van der Waals surface area contributed by atoms with E-state index in [9.17, 15) is 8.42 Å². The minimum absolute atomic E-state index is 0.339. The molecule has 0 atom stereocenters. The topological polar surface area (TPSA) is 100 Å². The Balaban J connectivity index is 1.38. The summed E-state index contributed by atoms with van der Waals surface area (Å²) < 4.78 is 24.8. The standard InChI is InChI=1S/C25H26N6O2S/c1-34(32,33)30-12-11-26-15-18-14-22-24(27-16-18)25(29-17-28-22)31-13-10-21-20(8-5-9-23(21)31)19-6-3-2-4-7-19/h2-9,14,16-17,26,30H,10-13,15H2,1H3. The Kier molecular flexibility index (Phi) is 6.23. The molecule has 9 heteroatoms. The Labute approximate surface area is 199 Å². The molecular formula is C25H26N6O2S. The third-order valence-corrected chi connectivity index (χ3v) is 6.60. The predicted octanol–water partition coefficient (Wildman–Crippen LogP) is 3.02. The van der Waals surface area contributed by atoms with E-state index in [4.69, 9.17) is 4.98 Å². The fraction of sp³-hybridized carbons (Fsp3) is 0.240. The van der Waals surface area contributed by atoms with Crippen LogP contribution in [-0.4, -0.2) is 49.3 Å². The van der Waals surface area contributed by atoms with Crippen LogP contribution in [0.1, 0.15) is 11.1 Å². The Bertz CT molecular complexity index is 1430. The molecule has 0 saturated heterocycles. The summed E-state index contributed by atoms with van der Waals surface area (Å²) in [5.74, 6) is 0.811. The maximum atomic E-state index is 11.2. The molecule has 34 heavy (non-hydrogen) atoms. The molecule has 1 aliphatic heterocycles. The van der Waals surface area contributed by atoms with E-state index in [0.717, 1.165) is 47.3 Å². The van der Waals surface area contributed by atoms with Crippen molar-refractivity contribution in [3.63, 3.8) is 0 Å². The van der Waals surface area contributed by atoms with Crippen LogP contribution in [0.4, 0.5) is 11.5 Å². The number of pyridine rings is 1. The van der Waals surface area contributed by atoms with E-state index in [-0.39, 0.29) is 0 Å². The quantitative estimate of drug-likeness (QED) is 0.379. The van der Waals surface area contributed by atoms with Gasteiger partial charge in [-0.05, 0) is 40.8 Å². The monoisotopic (exact) mass is 474 g/mol. The number of rotatable bonds is 8. The molecule has 2 aromatic heterocycles. The van der Waals surface area contributed by atoms with Gasteiger partial charge in [-0.3, -0.25) is 4.98 Å². The highest BCUT2D eigenvalue weighted by Gasteiger charge is 2.26. The molecule has 0 spiro atoms. The van der Waals surface area contributed by atoms with E-state index >= 15 is 0 Å². The van der Waals surface area contributed by atoms with Gasteiger partial charge in [-0.1, -0.05) is 42.5 Å². The summed E-state index contributed by atoms with van der Waals surface area (Å²) in [6, 6.07) is 18.9. The van der Waals surface area contributed by atoms with Gasteiger partial charge in [-0.2, -0.15) is 0 Å². The van der Waals surface area contributed by atoms with Gasteiger partial charge < -0.3 is 10.2 Å². The van der Waals surface area contributed by atoms with Crippen LogP contribution < -0.4 is 14.9 Å². The highest BCUT2D eigenvalue weighted by molar-refractivity contribution is 7.88. The molecule has 2 N–H and O–H groups in total. The SMILES string of the molecule is CS(=O)(=O)NCCNCc1cnc2c(N3CCc4c(-c5ccccc5)cccc43)ncnc2c1. The summed E-state index contributed by atoms with van der Waals surface area (Å²) in [7, 11) is -3.17. The fourth-order valence-electron chi connectivity index (χ4n) is 4.37. The number of hydrogen-bond acceptors (Lipinski definition) is 7. The second-order valence-corrected chi connectivity index (χ2v) is 10.2. The molecule has 2 aromatic carbocycles. The molecule has 0 aliphatic carbocycles. The van der Waals surface area contributed by atoms with Crippen LogP contribution >= 0.6 is 0 Å². The zero-order valence-corrected chi connectivity index (χ0v) is 19.7. The zero-order chi connectivity index (χ0) is 23.5. The van der Waals surface area contributed by atoms with Gasteiger partial charge in [0.25, 0.3) is 0 Å². The lowest BCUT2D eigenvalue weighted by Gasteiger charge is -2.20. The maximum absolute atomic E-state index is 11.2. The van der Waals surface area contributed by atoms with Crippen molar-refractivity contribution in [3.8, 4) is 11.1 Å². The number of fused-ring (bicyclic) bond motifs is 2. The molecule has 8 nitrogen and oxygen atoms in total. The molecule has 0 saturated carbocycles. The van der Waals surface area contributed by atoms with Crippen LogP contribution in [0.2, 0.25) is 0 Å². The van der Waals surface area contributed by atoms with Crippen LogP contribution in [-0.2, 0) is 23.0 Å². The van der Waals surface area contributed by atoms with Crippen molar-refractivity contribution < 1.29 is 8.42 Å². The van der Waals surface area contributed by atoms with Gasteiger partial charge in [-0.25, -0.2) is 23.1 Å². The lowest BCUT2D eigenvalue weighted by molar-refractivity contribution is 0.581. The van der Waals surface area contributed by atoms with Crippen molar-refractivity contribution in [2.75, 3.05) is 30.8 Å². The molecule has 0 unspecified atom stereocenters. The molecule has 1 aliphatic rings. The van der Waals surface area contributed by atoms with Gasteiger partial charge in [0.2, 0.25) is 10.0 Å². The number of benzene rings is 2. The molecule has 4 aromatic rings. The largest absolute Gasteiger partial charge is 0.324 e. The Morgan fingerprint density at radius 1 is 1.00 bits per heavy atom. The fourth-order valence-corrected chi connectivity index (χ4v) is 4.84. The van der Waals surface area contributed by atoms with Crippen LogP contribution in [0.15, 0.2) is 67.1 Å². The maximum Gasteiger partial charge on any atom is 0.208 e. The van der Waals surface area contributed by atoms with Crippen molar-refractivity contribution in [1.82, 2.24) is 25.0 Å². The van der Waals surface area contributed by atoms with E-state index in [2.05, 4.69) is 67.4 Å². The molecule has 3 heterocycles. The van der Waals surface area contributed by atoms with Crippen LogP contribution in [0.5, 0.6) is 0 Å². The summed E-state index contributed by atoms with van der Waals surface area (Å²) >= 11 is 0. The minimum atomic E-state index is -3.17. The van der Waals surface area contributed by atoms with Gasteiger partial charge in [0.05, 0.1) is 11.8 Å². The van der Waals surface area contributed by atoms with E-state index in [1.807, 2.05) is 18.3 Å². The smallest absolute Gasteiger partial charge is 0.208 e. The first kappa shape index (κ1) is 22.4. The molecule has 174 valence electrons. The molecule has 0 bridgehead atoms. The average molecular weight is 475 g/mol. The number of sulfonamides is 1. The Hall–Kier alpha value is -3.40. The first-order chi connectivity index (χ1) is 16.5. The van der Waals surface area contributed by atoms with Crippen molar-refractivity contribution in [3.05, 3.63) is 78.2 Å². The van der Waals surface area contributed by atoms with E-state index in [1.54, 1.807) is 6.33 Å². The summed E-state index contributed by atoms with van der Waals surface area (Å²) in [6.45, 7) is 2.27. The third-order valence-electron chi connectivity index (χ3n) is 5.88. The molecule has 0 amide bonds. The average Bonchev–Trinajstić information content (AvgIpc) is 3.27. The first-order valence-corrected chi connectivity index (χ1v) is 13.1. The van der Waals surface area contributed by atoms with Gasteiger partial charge in [0.1, 0.15) is 11.8 Å². The molecular weight excluding hydrogens is 448 g/mol. The number of nitrogens with one attached hydrogen (secondary N) is 2. The molecule has 0 fully saturated rings. The number of aromatic nitrogens is 3. The minimum Gasteiger partial charge on any atom is -0.324 e. The summed E-state index contributed by atoms with van der Waals surface area (Å²) in [5, 5.41) is 3.22. The Morgan fingerprint density at radius 2 is 1.85 bits per heavy atom. The predicted molar refractivity (Wildman–Crippen MR) is 134 cm³/mol. The van der Waals surface area contributed by atoms with Crippen molar-refractivity contribution in [2.45, 2.75) is 13.0 Å². The third kappa shape index (κ3) is 4.77. The lowest BCUT2D eigenvalue weighted by atomic mass is 9.98. The van der Waals surface area contributed by atoms with Crippen molar-refractivity contribution >= 4 is 32.6 Å². The summed E-state index contributed by atoms with van der Waals surface area (Å²) in [5.41, 5.74) is 7.48. The van der Waals surface area contributed by atoms with Gasteiger partial charge >= 0.3 is 0 Å². The van der Waals surface area contributed by atoms with Crippen LogP contribution in [0, 0.1) is 0 Å². The number of anilines is 2. The highest BCUT2D eigenvalue weighted by Crippen LogP contribution is 2.40. The van der Waals surface area contributed by atoms with Gasteiger partial charge in [0, 0.05) is 38.1 Å². The van der Waals surface area contributed by atoms with Gasteiger partial charge in [-0.15, -0.1) is 0 Å². The van der Waals surface area contributed by atoms with Crippen LogP contribution in [0.3, 0.4) is 0 Å². The Morgan fingerprint density at radius 3 is 2.68 bits per heavy atom. The van der Waals surface area contributed by atoms with Crippen molar-refractivity contribution in [1.29, 1.82) is 0 Å². The summed E-state index contributed by atoms with van der Waals surface area (Å²) in [6.07, 6.45) is 5.50. The molecule has 0 radical (unpaired) electrons. The second-order valence-electron chi connectivity index (χ2n) is 8.32. The number of hydrogen-bond donors (Lipinski definition) is 2. The van der Waals surface area contributed by atoms with Gasteiger partial charge in [0.15, 0.2) is 5.82 Å². The van der Waals surface area contributed by atoms with E-state index in [0.29, 0.717) is 19.6 Å². The van der Waals surface area contributed by atoms with E-state index in [1.165, 1.54) is 16.7 Å². The van der Waals surface area contributed by atoms with E-state index < -0.39 is 10.0 Å². The normalized spacial score (nSPS) is 13.4. The zero-order valence-electron chi connectivity index (χ0n) is 18.9. The van der Waals surface area contributed by atoms with Crippen LogP contribution in [0.25, 0.3) is 22.2 Å².